The Morgan fingerprint density at radius 1 is 1.24 bits per heavy atom. The van der Waals surface area contributed by atoms with Crippen molar-refractivity contribution in [2.75, 3.05) is 7.11 Å². The highest BCUT2D eigenvalue weighted by molar-refractivity contribution is 5.85. The van der Waals surface area contributed by atoms with Crippen LogP contribution in [0.3, 0.4) is 0 Å². The maximum absolute atomic E-state index is 12.2. The van der Waals surface area contributed by atoms with E-state index in [4.69, 9.17) is 4.74 Å². The first-order valence-corrected chi connectivity index (χ1v) is 6.76. The van der Waals surface area contributed by atoms with Gasteiger partial charge in [-0.2, -0.15) is 0 Å². The van der Waals surface area contributed by atoms with E-state index in [9.17, 15) is 4.79 Å². The van der Waals surface area contributed by atoms with Crippen molar-refractivity contribution in [1.29, 1.82) is 0 Å². The summed E-state index contributed by atoms with van der Waals surface area (Å²) in [6.07, 6.45) is 3.22. The molecule has 17 heavy (non-hydrogen) atoms. The number of carbonyl (C=O) groups excluding carboxylic acids is 1. The third kappa shape index (κ3) is 1.34. The van der Waals surface area contributed by atoms with E-state index in [-0.39, 0.29) is 28.3 Å². The van der Waals surface area contributed by atoms with Crippen LogP contribution in [0.4, 0.5) is 0 Å². The van der Waals surface area contributed by atoms with Crippen LogP contribution >= 0.6 is 0 Å². The van der Waals surface area contributed by atoms with Gasteiger partial charge in [0.2, 0.25) is 0 Å². The van der Waals surface area contributed by atoms with E-state index in [0.717, 1.165) is 19.3 Å². The Hall–Kier alpha value is -0.370. The van der Waals surface area contributed by atoms with Crippen molar-refractivity contribution < 1.29 is 9.53 Å². The van der Waals surface area contributed by atoms with Gasteiger partial charge in [-0.25, -0.2) is 0 Å². The molecule has 98 valence electrons. The monoisotopic (exact) mass is 238 g/mol. The molecule has 2 fully saturated rings. The standard InChI is InChI=1S/C15H26O2/c1-10-11(16)9-14(4)8-7-12(17-6)13(2,3)15(10,14)5/h10,12H,7-9H2,1-6H3/t10-,12+,14-,15-/m1/s1. The van der Waals surface area contributed by atoms with Gasteiger partial charge in [-0.1, -0.05) is 34.6 Å². The van der Waals surface area contributed by atoms with Crippen LogP contribution in [0.2, 0.25) is 0 Å². The van der Waals surface area contributed by atoms with Crippen molar-refractivity contribution in [3.8, 4) is 0 Å². The maximum Gasteiger partial charge on any atom is 0.136 e. The number of hydrogen-bond acceptors (Lipinski definition) is 2. The number of hydrogen-bond donors (Lipinski definition) is 0. The predicted octanol–water partition coefficient (Wildman–Crippen LogP) is 3.44. The highest BCUT2D eigenvalue weighted by atomic mass is 16.5. The van der Waals surface area contributed by atoms with Crippen LogP contribution in [-0.4, -0.2) is 19.0 Å². The second-order valence-electron chi connectivity index (χ2n) is 7.11. The fourth-order valence-corrected chi connectivity index (χ4v) is 4.81. The molecule has 0 amide bonds. The first-order chi connectivity index (χ1) is 7.70. The van der Waals surface area contributed by atoms with E-state index < -0.39 is 0 Å². The van der Waals surface area contributed by atoms with Crippen molar-refractivity contribution >= 4 is 5.78 Å². The Bertz CT molecular complexity index is 347. The van der Waals surface area contributed by atoms with E-state index >= 15 is 0 Å². The third-order valence-electron chi connectivity index (χ3n) is 6.55. The highest BCUT2D eigenvalue weighted by Gasteiger charge is 2.67. The van der Waals surface area contributed by atoms with E-state index in [0.29, 0.717) is 5.78 Å². The largest absolute Gasteiger partial charge is 0.381 e. The number of rotatable bonds is 1. The smallest absolute Gasteiger partial charge is 0.136 e. The number of ether oxygens (including phenoxy) is 1. The summed E-state index contributed by atoms with van der Waals surface area (Å²) < 4.78 is 5.70. The second kappa shape index (κ2) is 3.57. The van der Waals surface area contributed by atoms with Gasteiger partial charge >= 0.3 is 0 Å². The molecule has 0 aromatic carbocycles. The number of carbonyl (C=O) groups is 1. The van der Waals surface area contributed by atoms with Crippen LogP contribution in [0, 0.1) is 22.2 Å². The zero-order valence-electron chi connectivity index (χ0n) is 12.1. The van der Waals surface area contributed by atoms with Gasteiger partial charge in [0.15, 0.2) is 0 Å². The molecule has 0 unspecified atom stereocenters. The lowest BCUT2D eigenvalue weighted by atomic mass is 9.46. The Balaban J connectivity index is 2.52. The summed E-state index contributed by atoms with van der Waals surface area (Å²) in [5, 5.41) is 0. The average molecular weight is 238 g/mol. The molecule has 4 atom stereocenters. The van der Waals surface area contributed by atoms with E-state index in [1.165, 1.54) is 0 Å². The molecule has 2 saturated carbocycles. The van der Waals surface area contributed by atoms with Crippen molar-refractivity contribution in [3.05, 3.63) is 0 Å². The van der Waals surface area contributed by atoms with Crippen LogP contribution in [-0.2, 0) is 9.53 Å². The Kier molecular flexibility index (Phi) is 2.74. The number of methoxy groups -OCH3 is 1. The van der Waals surface area contributed by atoms with Crippen molar-refractivity contribution in [3.63, 3.8) is 0 Å². The molecule has 0 heterocycles. The number of ketones is 1. The highest BCUT2D eigenvalue weighted by Crippen LogP contribution is 2.68. The van der Waals surface area contributed by atoms with Gasteiger partial charge in [0, 0.05) is 19.4 Å². The van der Waals surface area contributed by atoms with Crippen molar-refractivity contribution in [2.45, 2.75) is 60.0 Å². The third-order valence-corrected chi connectivity index (χ3v) is 6.55. The maximum atomic E-state index is 12.2. The summed E-state index contributed by atoms with van der Waals surface area (Å²) in [6.45, 7) is 11.3. The molecular formula is C15H26O2. The SMILES string of the molecule is CO[C@H]1CC[C@]2(C)CC(=O)[C@@H](C)[C@]2(C)C1(C)C. The zero-order chi connectivity index (χ0) is 13.1. The van der Waals surface area contributed by atoms with E-state index in [1.807, 2.05) is 0 Å². The molecule has 2 aliphatic carbocycles. The first kappa shape index (κ1) is 13.1. The van der Waals surface area contributed by atoms with Gasteiger partial charge in [0.25, 0.3) is 0 Å². The summed E-state index contributed by atoms with van der Waals surface area (Å²) in [5.41, 5.74) is 0.262. The minimum absolute atomic E-state index is 0.0516. The summed E-state index contributed by atoms with van der Waals surface area (Å²) in [6, 6.07) is 0. The molecule has 0 aromatic rings. The lowest BCUT2D eigenvalue weighted by molar-refractivity contribution is -0.170. The van der Waals surface area contributed by atoms with Crippen LogP contribution in [0.25, 0.3) is 0 Å². The van der Waals surface area contributed by atoms with Gasteiger partial charge in [-0.15, -0.1) is 0 Å². The topological polar surface area (TPSA) is 26.3 Å². The first-order valence-electron chi connectivity index (χ1n) is 6.76. The lowest BCUT2D eigenvalue weighted by Gasteiger charge is -2.60. The molecular weight excluding hydrogens is 212 g/mol. The fourth-order valence-electron chi connectivity index (χ4n) is 4.81. The summed E-state index contributed by atoms with van der Waals surface area (Å²) in [4.78, 5) is 12.2. The minimum Gasteiger partial charge on any atom is -0.381 e. The van der Waals surface area contributed by atoms with Crippen molar-refractivity contribution in [2.24, 2.45) is 22.2 Å². The molecule has 2 rings (SSSR count). The van der Waals surface area contributed by atoms with Gasteiger partial charge < -0.3 is 4.74 Å². The molecule has 0 aliphatic heterocycles. The van der Waals surface area contributed by atoms with Crippen LogP contribution < -0.4 is 0 Å². The van der Waals surface area contributed by atoms with Gasteiger partial charge in [-0.3, -0.25) is 4.79 Å². The van der Waals surface area contributed by atoms with Crippen molar-refractivity contribution in [1.82, 2.24) is 0 Å². The molecule has 2 heteroatoms. The zero-order valence-corrected chi connectivity index (χ0v) is 12.1. The fraction of sp³-hybridized carbons (Fsp3) is 0.933. The molecule has 0 radical (unpaired) electrons. The van der Waals surface area contributed by atoms with Crippen LogP contribution in [0.15, 0.2) is 0 Å². The minimum atomic E-state index is 0.0516. The summed E-state index contributed by atoms with van der Waals surface area (Å²) in [5.74, 6) is 0.597. The van der Waals surface area contributed by atoms with E-state index in [1.54, 1.807) is 7.11 Å². The Labute approximate surface area is 105 Å². The second-order valence-corrected chi connectivity index (χ2v) is 7.11. The lowest BCUT2D eigenvalue weighted by Crippen LogP contribution is -2.57. The predicted molar refractivity (Wildman–Crippen MR) is 68.8 cm³/mol. The Morgan fingerprint density at radius 3 is 2.35 bits per heavy atom. The van der Waals surface area contributed by atoms with Crippen LogP contribution in [0.1, 0.15) is 53.9 Å². The molecule has 0 aromatic heterocycles. The van der Waals surface area contributed by atoms with E-state index in [2.05, 4.69) is 34.6 Å². The summed E-state index contributed by atoms with van der Waals surface area (Å²) in [7, 11) is 1.81. The average Bonchev–Trinajstić information content (AvgIpc) is 2.41. The van der Waals surface area contributed by atoms with Crippen LogP contribution in [0.5, 0.6) is 0 Å². The molecule has 0 N–H and O–H groups in total. The normalized spacial score (nSPS) is 49.2. The van der Waals surface area contributed by atoms with Gasteiger partial charge in [0.1, 0.15) is 5.78 Å². The molecule has 2 aliphatic rings. The molecule has 2 nitrogen and oxygen atoms in total. The quantitative estimate of drug-likeness (QED) is 0.699. The molecule has 0 spiro atoms. The summed E-state index contributed by atoms with van der Waals surface area (Å²) >= 11 is 0. The molecule has 0 bridgehead atoms. The number of Topliss-reactive ketones (excluding diaryl/α,β-unsaturated/α-hetero) is 1. The van der Waals surface area contributed by atoms with Gasteiger partial charge in [0.05, 0.1) is 6.10 Å². The Morgan fingerprint density at radius 2 is 1.82 bits per heavy atom. The number of fused-ring (bicyclic) bond motifs is 1. The van der Waals surface area contributed by atoms with Gasteiger partial charge in [-0.05, 0) is 29.1 Å². The molecule has 0 saturated heterocycles.